The fourth-order valence-electron chi connectivity index (χ4n) is 1.05. The van der Waals surface area contributed by atoms with Crippen LogP contribution in [0.25, 0.3) is 0 Å². The lowest BCUT2D eigenvalue weighted by atomic mass is 10.2. The molecular weight excluding hydrogens is 324 g/mol. The van der Waals surface area contributed by atoms with Gasteiger partial charge in [0.25, 0.3) is 0 Å². The van der Waals surface area contributed by atoms with Crippen molar-refractivity contribution in [2.45, 2.75) is 19.2 Å². The van der Waals surface area contributed by atoms with Crippen molar-refractivity contribution in [1.29, 1.82) is 0 Å². The van der Waals surface area contributed by atoms with Gasteiger partial charge in [0.15, 0.2) is 6.10 Å². The van der Waals surface area contributed by atoms with Crippen molar-refractivity contribution in [3.8, 4) is 5.75 Å². The van der Waals surface area contributed by atoms with E-state index >= 15 is 0 Å². The Kier molecular flexibility index (Phi) is 4.20. The number of carbonyl (C=O) groups is 1. The van der Waals surface area contributed by atoms with Gasteiger partial charge in [-0.15, -0.1) is 0 Å². The largest absolute Gasteiger partial charge is 0.480 e. The van der Waals surface area contributed by atoms with Crippen molar-refractivity contribution in [3.05, 3.63) is 28.0 Å². The van der Waals surface area contributed by atoms with E-state index in [0.717, 1.165) is 13.0 Å². The third kappa shape index (κ3) is 3.34. The molecule has 0 aliphatic heterocycles. The number of carboxylic acids is 1. The monoisotopic (exact) mass is 330 g/mol. The van der Waals surface area contributed by atoms with Crippen LogP contribution in [0.3, 0.4) is 0 Å². The minimum atomic E-state index is -4.64. The van der Waals surface area contributed by atoms with Crippen molar-refractivity contribution in [1.82, 2.24) is 0 Å². The van der Waals surface area contributed by atoms with Gasteiger partial charge in [0.05, 0.1) is 4.47 Å². The highest BCUT2D eigenvalue weighted by atomic mass is 79.9. The highest BCUT2D eigenvalue weighted by molar-refractivity contribution is 9.10. The summed E-state index contributed by atoms with van der Waals surface area (Å²) >= 11 is 2.74. The first kappa shape index (κ1) is 14.7. The van der Waals surface area contributed by atoms with Crippen molar-refractivity contribution >= 4 is 21.9 Å². The molecule has 0 bridgehead atoms. The molecular formula is C10H7BrF4O3. The van der Waals surface area contributed by atoms with Crippen LogP contribution >= 0.6 is 15.9 Å². The quantitative estimate of drug-likeness (QED) is 0.861. The number of alkyl halides is 3. The Bertz CT molecular complexity index is 473. The molecule has 1 rings (SSSR count). The highest BCUT2D eigenvalue weighted by Gasteiger charge is 2.38. The molecule has 0 unspecified atom stereocenters. The zero-order valence-corrected chi connectivity index (χ0v) is 10.5. The summed E-state index contributed by atoms with van der Waals surface area (Å²) in [6, 6.07) is 1.44. The van der Waals surface area contributed by atoms with E-state index in [1.54, 1.807) is 0 Å². The Hall–Kier alpha value is -1.31. The van der Waals surface area contributed by atoms with Crippen molar-refractivity contribution < 1.29 is 32.2 Å². The third-order valence-corrected chi connectivity index (χ3v) is 2.63. The average Bonchev–Trinajstić information content (AvgIpc) is 2.21. The fourth-order valence-corrected chi connectivity index (χ4v) is 1.37. The molecule has 0 heterocycles. The van der Waals surface area contributed by atoms with Crippen LogP contribution < -0.4 is 4.74 Å². The van der Waals surface area contributed by atoms with Crippen LogP contribution in [0.4, 0.5) is 17.6 Å². The summed E-state index contributed by atoms with van der Waals surface area (Å²) in [5.41, 5.74) is -0.674. The van der Waals surface area contributed by atoms with Crippen molar-refractivity contribution in [2.75, 3.05) is 0 Å². The van der Waals surface area contributed by atoms with Crippen LogP contribution in [0.1, 0.15) is 17.3 Å². The second kappa shape index (κ2) is 5.13. The summed E-state index contributed by atoms with van der Waals surface area (Å²) in [6.45, 7) is 0.725. The SMILES string of the molecule is C[C@H](Oc1cc(Br)c(F)cc1C(=O)O)C(F)(F)F. The van der Waals surface area contributed by atoms with Crippen LogP contribution in [0, 0.1) is 5.82 Å². The van der Waals surface area contributed by atoms with Gasteiger partial charge in [0.1, 0.15) is 17.1 Å². The molecule has 0 spiro atoms. The van der Waals surface area contributed by atoms with Gasteiger partial charge < -0.3 is 9.84 Å². The van der Waals surface area contributed by atoms with Crippen LogP contribution in [-0.2, 0) is 0 Å². The second-order valence-electron chi connectivity index (χ2n) is 3.37. The van der Waals surface area contributed by atoms with Gasteiger partial charge in [-0.3, -0.25) is 0 Å². The summed E-state index contributed by atoms with van der Waals surface area (Å²) < 4.78 is 54.3. The van der Waals surface area contributed by atoms with Crippen LogP contribution in [0.15, 0.2) is 16.6 Å². The van der Waals surface area contributed by atoms with Gasteiger partial charge in [-0.25, -0.2) is 9.18 Å². The first-order valence-corrected chi connectivity index (χ1v) is 5.38. The zero-order valence-electron chi connectivity index (χ0n) is 8.89. The molecule has 3 nitrogen and oxygen atoms in total. The Morgan fingerprint density at radius 3 is 2.44 bits per heavy atom. The van der Waals surface area contributed by atoms with E-state index in [0.29, 0.717) is 6.07 Å². The summed E-state index contributed by atoms with van der Waals surface area (Å²) in [5.74, 6) is -3.04. The molecule has 1 aromatic carbocycles. The summed E-state index contributed by atoms with van der Waals surface area (Å²) in [5, 5.41) is 8.75. The normalized spacial score (nSPS) is 13.2. The maximum atomic E-state index is 13.1. The lowest BCUT2D eigenvalue weighted by molar-refractivity contribution is -0.189. The molecule has 0 aromatic heterocycles. The fraction of sp³-hybridized carbons (Fsp3) is 0.300. The Morgan fingerprint density at radius 2 is 2.00 bits per heavy atom. The first-order chi connectivity index (χ1) is 8.12. The third-order valence-electron chi connectivity index (χ3n) is 2.02. The van der Waals surface area contributed by atoms with Gasteiger partial charge in [-0.2, -0.15) is 13.2 Å². The number of halogens is 5. The standard InChI is InChI=1S/C10H7BrF4O3/c1-4(10(13,14)15)18-8-3-6(11)7(12)2-5(8)9(16)17/h2-4H,1H3,(H,16,17)/t4-/m0/s1. The van der Waals surface area contributed by atoms with E-state index in [-0.39, 0.29) is 4.47 Å². The van der Waals surface area contributed by atoms with Gasteiger partial charge in [-0.05, 0) is 35.0 Å². The molecule has 0 radical (unpaired) electrons. The second-order valence-corrected chi connectivity index (χ2v) is 4.22. The van der Waals surface area contributed by atoms with E-state index in [1.165, 1.54) is 0 Å². The lowest BCUT2D eigenvalue weighted by Crippen LogP contribution is -2.31. The maximum Gasteiger partial charge on any atom is 0.425 e. The van der Waals surface area contributed by atoms with E-state index in [2.05, 4.69) is 20.7 Å². The predicted molar refractivity (Wildman–Crippen MR) is 57.2 cm³/mol. The van der Waals surface area contributed by atoms with Gasteiger partial charge in [0.2, 0.25) is 0 Å². The van der Waals surface area contributed by atoms with Gasteiger partial charge in [0, 0.05) is 0 Å². The summed E-state index contributed by atoms with van der Waals surface area (Å²) in [7, 11) is 0. The molecule has 0 saturated heterocycles. The smallest absolute Gasteiger partial charge is 0.425 e. The Labute approximate surface area is 107 Å². The molecule has 0 aliphatic rings. The molecule has 0 aliphatic carbocycles. The highest BCUT2D eigenvalue weighted by Crippen LogP contribution is 2.31. The van der Waals surface area contributed by atoms with E-state index < -0.39 is 35.4 Å². The molecule has 0 fully saturated rings. The molecule has 0 saturated carbocycles. The number of aromatic carboxylic acids is 1. The molecule has 18 heavy (non-hydrogen) atoms. The minimum absolute atomic E-state index is 0.183. The first-order valence-electron chi connectivity index (χ1n) is 4.58. The molecule has 1 atom stereocenters. The molecule has 0 amide bonds. The van der Waals surface area contributed by atoms with Crippen LogP contribution in [-0.4, -0.2) is 23.4 Å². The van der Waals surface area contributed by atoms with Crippen molar-refractivity contribution in [3.63, 3.8) is 0 Å². The molecule has 1 aromatic rings. The van der Waals surface area contributed by atoms with Gasteiger partial charge >= 0.3 is 12.1 Å². The number of ether oxygens (including phenoxy) is 1. The number of carboxylic acid groups (broad SMARTS) is 1. The number of hydrogen-bond acceptors (Lipinski definition) is 2. The number of hydrogen-bond donors (Lipinski definition) is 1. The van der Waals surface area contributed by atoms with E-state index in [4.69, 9.17) is 5.11 Å². The van der Waals surface area contributed by atoms with E-state index in [1.807, 2.05) is 0 Å². The maximum absolute atomic E-state index is 13.1. The lowest BCUT2D eigenvalue weighted by Gasteiger charge is -2.19. The number of benzene rings is 1. The topological polar surface area (TPSA) is 46.5 Å². The Morgan fingerprint density at radius 1 is 1.44 bits per heavy atom. The molecule has 100 valence electrons. The molecule has 8 heteroatoms. The molecule has 1 N–H and O–H groups in total. The predicted octanol–water partition coefficient (Wildman–Crippen LogP) is 3.62. The summed E-state index contributed by atoms with van der Waals surface area (Å²) in [6.07, 6.45) is -6.84. The summed E-state index contributed by atoms with van der Waals surface area (Å²) in [4.78, 5) is 10.8. The minimum Gasteiger partial charge on any atom is -0.480 e. The van der Waals surface area contributed by atoms with E-state index in [9.17, 15) is 22.4 Å². The van der Waals surface area contributed by atoms with Crippen LogP contribution in [0.2, 0.25) is 0 Å². The van der Waals surface area contributed by atoms with Crippen molar-refractivity contribution in [2.24, 2.45) is 0 Å². The van der Waals surface area contributed by atoms with Crippen LogP contribution in [0.5, 0.6) is 5.75 Å². The van der Waals surface area contributed by atoms with Gasteiger partial charge in [-0.1, -0.05) is 0 Å². The number of rotatable bonds is 3. The Balaban J connectivity index is 3.15. The zero-order chi connectivity index (χ0) is 14.1. The average molecular weight is 331 g/mol.